The van der Waals surface area contributed by atoms with E-state index in [1.165, 1.54) is 16.8 Å². The van der Waals surface area contributed by atoms with E-state index >= 15 is 0 Å². The van der Waals surface area contributed by atoms with Crippen LogP contribution in [0.1, 0.15) is 11.1 Å². The third-order valence-corrected chi connectivity index (χ3v) is 1.66. The Balaban J connectivity index is 0.000001000. The molecule has 0 heterocycles. The van der Waals surface area contributed by atoms with Crippen molar-refractivity contribution in [2.75, 3.05) is 12.4 Å². The van der Waals surface area contributed by atoms with E-state index in [9.17, 15) is 0 Å². The van der Waals surface area contributed by atoms with Crippen molar-refractivity contribution in [2.24, 2.45) is 0 Å². The Morgan fingerprint density at radius 1 is 1.18 bits per heavy atom. The van der Waals surface area contributed by atoms with Crippen molar-refractivity contribution in [1.82, 2.24) is 0 Å². The Bertz CT molecular complexity index is 233. The van der Waals surface area contributed by atoms with Crippen molar-refractivity contribution < 1.29 is 0 Å². The highest BCUT2D eigenvalue weighted by molar-refractivity contribution is 5.85. The van der Waals surface area contributed by atoms with Crippen LogP contribution in [0.3, 0.4) is 0 Å². The van der Waals surface area contributed by atoms with Gasteiger partial charge in [0.2, 0.25) is 0 Å². The van der Waals surface area contributed by atoms with Gasteiger partial charge in [-0.3, -0.25) is 0 Å². The molecule has 2 heteroatoms. The summed E-state index contributed by atoms with van der Waals surface area (Å²) in [7, 11) is 1.95. The van der Waals surface area contributed by atoms with Gasteiger partial charge in [0.05, 0.1) is 0 Å². The highest BCUT2D eigenvalue weighted by atomic mass is 35.5. The summed E-state index contributed by atoms with van der Waals surface area (Å²) >= 11 is 0. The molecule has 62 valence electrons. The topological polar surface area (TPSA) is 12.0 Å². The molecule has 0 bridgehead atoms. The maximum absolute atomic E-state index is 3.14. The van der Waals surface area contributed by atoms with Crippen molar-refractivity contribution in [3.05, 3.63) is 29.3 Å². The minimum Gasteiger partial charge on any atom is -0.388 e. The van der Waals surface area contributed by atoms with E-state index < -0.39 is 0 Å². The molecule has 0 unspecified atom stereocenters. The minimum atomic E-state index is 0. The molecule has 11 heavy (non-hydrogen) atoms. The predicted molar refractivity (Wildman–Crippen MR) is 52.7 cm³/mol. The lowest BCUT2D eigenvalue weighted by molar-refractivity contribution is 1.36. The van der Waals surface area contributed by atoms with E-state index in [1.54, 1.807) is 0 Å². The van der Waals surface area contributed by atoms with E-state index in [0.717, 1.165) is 0 Å². The molecule has 0 saturated heterocycles. The van der Waals surface area contributed by atoms with Crippen molar-refractivity contribution in [1.29, 1.82) is 0 Å². The summed E-state index contributed by atoms with van der Waals surface area (Å²) in [6, 6.07) is 6.40. The number of nitrogens with one attached hydrogen (secondary N) is 1. The monoisotopic (exact) mass is 171 g/mol. The van der Waals surface area contributed by atoms with E-state index in [-0.39, 0.29) is 12.4 Å². The number of benzene rings is 1. The molecule has 0 saturated carbocycles. The largest absolute Gasteiger partial charge is 0.388 e. The zero-order chi connectivity index (χ0) is 7.56. The third-order valence-electron chi connectivity index (χ3n) is 1.66. The maximum atomic E-state index is 3.14. The molecule has 0 spiro atoms. The van der Waals surface area contributed by atoms with Gasteiger partial charge in [-0.25, -0.2) is 0 Å². The molecule has 1 nitrogen and oxygen atoms in total. The molecule has 0 aliphatic heterocycles. The quantitative estimate of drug-likeness (QED) is 0.685. The van der Waals surface area contributed by atoms with Crippen molar-refractivity contribution >= 4 is 18.1 Å². The fourth-order valence-corrected chi connectivity index (χ4v) is 1.01. The van der Waals surface area contributed by atoms with Gasteiger partial charge in [0, 0.05) is 12.7 Å². The molecule has 0 amide bonds. The summed E-state index contributed by atoms with van der Waals surface area (Å²) in [6.45, 7) is 4.20. The standard InChI is InChI=1S/C9H13N.ClH/c1-7-4-5-8(2)9(6-7)10-3;/h4-6,10H,1-3H3;1H. The Kier molecular flexibility index (Phi) is 3.98. The average Bonchev–Trinajstić information content (AvgIpc) is 1.94. The highest BCUT2D eigenvalue weighted by Gasteiger charge is 1.92. The zero-order valence-electron chi connectivity index (χ0n) is 7.14. The number of hydrogen-bond acceptors (Lipinski definition) is 1. The third kappa shape index (κ3) is 2.43. The molecule has 0 aliphatic rings. The van der Waals surface area contributed by atoms with E-state index in [2.05, 4.69) is 37.4 Å². The maximum Gasteiger partial charge on any atom is 0.0369 e. The van der Waals surface area contributed by atoms with Crippen LogP contribution in [0, 0.1) is 13.8 Å². The normalized spacial score (nSPS) is 8.64. The van der Waals surface area contributed by atoms with Crippen LogP contribution in [0.4, 0.5) is 5.69 Å². The summed E-state index contributed by atoms with van der Waals surface area (Å²) in [5.41, 5.74) is 3.82. The lowest BCUT2D eigenvalue weighted by Crippen LogP contribution is -1.91. The van der Waals surface area contributed by atoms with Gasteiger partial charge in [0.1, 0.15) is 0 Å². The van der Waals surface area contributed by atoms with Crippen molar-refractivity contribution in [3.63, 3.8) is 0 Å². The lowest BCUT2D eigenvalue weighted by atomic mass is 10.1. The molecule has 0 radical (unpaired) electrons. The van der Waals surface area contributed by atoms with Gasteiger partial charge < -0.3 is 5.32 Å². The Morgan fingerprint density at radius 2 is 1.82 bits per heavy atom. The first kappa shape index (κ1) is 10.3. The number of hydrogen-bond donors (Lipinski definition) is 1. The van der Waals surface area contributed by atoms with Gasteiger partial charge in [0.25, 0.3) is 0 Å². The van der Waals surface area contributed by atoms with Crippen molar-refractivity contribution in [3.8, 4) is 0 Å². The molecule has 1 aromatic rings. The number of halogens is 1. The molecule has 0 atom stereocenters. The zero-order valence-corrected chi connectivity index (χ0v) is 7.96. The fraction of sp³-hybridized carbons (Fsp3) is 0.333. The van der Waals surface area contributed by atoms with Gasteiger partial charge in [0.15, 0.2) is 0 Å². The van der Waals surface area contributed by atoms with E-state index in [4.69, 9.17) is 0 Å². The smallest absolute Gasteiger partial charge is 0.0369 e. The van der Waals surface area contributed by atoms with Crippen LogP contribution in [0.5, 0.6) is 0 Å². The SMILES string of the molecule is CNc1cc(C)ccc1C.Cl. The number of rotatable bonds is 1. The van der Waals surface area contributed by atoms with Crippen LogP contribution in [-0.2, 0) is 0 Å². The van der Waals surface area contributed by atoms with Gasteiger partial charge in [-0.1, -0.05) is 12.1 Å². The molecule has 0 aliphatic carbocycles. The minimum absolute atomic E-state index is 0. The highest BCUT2D eigenvalue weighted by Crippen LogP contribution is 2.14. The fourth-order valence-electron chi connectivity index (χ4n) is 1.01. The van der Waals surface area contributed by atoms with E-state index in [0.29, 0.717) is 0 Å². The molecule has 1 rings (SSSR count). The summed E-state index contributed by atoms with van der Waals surface area (Å²) in [6.07, 6.45) is 0. The Morgan fingerprint density at radius 3 is 2.27 bits per heavy atom. The first-order chi connectivity index (χ1) is 4.74. The van der Waals surface area contributed by atoms with Crippen LogP contribution in [-0.4, -0.2) is 7.05 Å². The van der Waals surface area contributed by atoms with E-state index in [1.807, 2.05) is 7.05 Å². The molecular formula is C9H14ClN. The molecule has 1 aromatic carbocycles. The summed E-state index contributed by atoms with van der Waals surface area (Å²) in [4.78, 5) is 0. The number of aryl methyl sites for hydroxylation is 2. The second-order valence-corrected chi connectivity index (χ2v) is 2.57. The van der Waals surface area contributed by atoms with Gasteiger partial charge in [-0.2, -0.15) is 0 Å². The molecule has 0 fully saturated rings. The first-order valence-electron chi connectivity index (χ1n) is 3.49. The summed E-state index contributed by atoms with van der Waals surface area (Å²) in [5.74, 6) is 0. The molecular weight excluding hydrogens is 158 g/mol. The van der Waals surface area contributed by atoms with Crippen LogP contribution >= 0.6 is 12.4 Å². The van der Waals surface area contributed by atoms with Crippen LogP contribution in [0.2, 0.25) is 0 Å². The van der Waals surface area contributed by atoms with Gasteiger partial charge in [-0.15, -0.1) is 12.4 Å². The van der Waals surface area contributed by atoms with Gasteiger partial charge in [-0.05, 0) is 31.0 Å². The van der Waals surface area contributed by atoms with Crippen molar-refractivity contribution in [2.45, 2.75) is 13.8 Å². The van der Waals surface area contributed by atoms with Crippen LogP contribution < -0.4 is 5.32 Å². The molecule has 1 N–H and O–H groups in total. The predicted octanol–water partition coefficient (Wildman–Crippen LogP) is 2.77. The average molecular weight is 172 g/mol. The van der Waals surface area contributed by atoms with Crippen LogP contribution in [0.25, 0.3) is 0 Å². The summed E-state index contributed by atoms with van der Waals surface area (Å²) in [5, 5.41) is 3.14. The Labute approximate surface area is 74.2 Å². The molecule has 0 aromatic heterocycles. The second-order valence-electron chi connectivity index (χ2n) is 2.57. The number of anilines is 1. The lowest BCUT2D eigenvalue weighted by Gasteiger charge is -2.04. The first-order valence-corrected chi connectivity index (χ1v) is 3.49. The summed E-state index contributed by atoms with van der Waals surface area (Å²) < 4.78 is 0. The van der Waals surface area contributed by atoms with Gasteiger partial charge >= 0.3 is 0 Å². The van der Waals surface area contributed by atoms with Crippen LogP contribution in [0.15, 0.2) is 18.2 Å². The second kappa shape index (κ2) is 4.24. The Hall–Kier alpha value is -0.690.